The lowest BCUT2D eigenvalue weighted by Crippen LogP contribution is -1.74. The molecule has 2 rings (SSSR count). The van der Waals surface area contributed by atoms with Crippen LogP contribution in [0.15, 0.2) is 54.6 Å². The largest absolute Gasteiger partial charge is 0.0622 e. The minimum absolute atomic E-state index is 0.890. The molecule has 0 atom stereocenters. The van der Waals surface area contributed by atoms with Gasteiger partial charge in [0.1, 0.15) is 0 Å². The molecule has 76 valence electrons. The summed E-state index contributed by atoms with van der Waals surface area (Å²) in [4.78, 5) is 0. The molecular weight excluding hydrogens is 180 g/mol. The van der Waals surface area contributed by atoms with Crippen LogP contribution in [-0.4, -0.2) is 0 Å². The molecule has 0 aliphatic heterocycles. The number of rotatable bonds is 1. The van der Waals surface area contributed by atoms with Gasteiger partial charge in [-0.15, -0.1) is 0 Å². The van der Waals surface area contributed by atoms with Crippen molar-refractivity contribution in [2.45, 2.75) is 13.3 Å². The summed E-state index contributed by atoms with van der Waals surface area (Å²) in [6, 6.07) is 21.0. The van der Waals surface area contributed by atoms with Gasteiger partial charge in [-0.1, -0.05) is 60.2 Å². The maximum Gasteiger partial charge on any atom is -0.0184 e. The van der Waals surface area contributed by atoms with E-state index in [9.17, 15) is 0 Å². The van der Waals surface area contributed by atoms with Crippen LogP contribution in [0.4, 0.5) is 0 Å². The zero-order valence-electron chi connectivity index (χ0n) is 9.11. The Kier molecular flexibility index (Phi) is 5.24. The third-order valence-corrected chi connectivity index (χ3v) is 2.02. The summed E-state index contributed by atoms with van der Waals surface area (Å²) in [5.74, 6) is 0. The first-order valence-electron chi connectivity index (χ1n) is 5.09. The highest BCUT2D eigenvalue weighted by Gasteiger charge is 1.80. The van der Waals surface area contributed by atoms with Crippen molar-refractivity contribution in [2.24, 2.45) is 0 Å². The van der Waals surface area contributed by atoms with Crippen LogP contribution in [0.3, 0.4) is 0 Å². The Bertz CT molecular complexity index is 348. The molecule has 0 fully saturated rings. The lowest BCUT2D eigenvalue weighted by atomic mass is 10.2. The van der Waals surface area contributed by atoms with E-state index >= 15 is 0 Å². The van der Waals surface area contributed by atoms with E-state index in [-0.39, 0.29) is 0 Å². The molecule has 0 amide bonds. The maximum atomic E-state index is 3.76. The van der Waals surface area contributed by atoms with Crippen LogP contribution in [-0.2, 0) is 6.42 Å². The lowest BCUT2D eigenvalue weighted by Gasteiger charge is -1.89. The number of hydrogen-bond acceptors (Lipinski definition) is 0. The number of hydrogen-bond donors (Lipinski definition) is 0. The van der Waals surface area contributed by atoms with Gasteiger partial charge < -0.3 is 0 Å². The van der Waals surface area contributed by atoms with Gasteiger partial charge in [0, 0.05) is 0 Å². The van der Waals surface area contributed by atoms with E-state index in [4.69, 9.17) is 0 Å². The van der Waals surface area contributed by atoms with Gasteiger partial charge in [-0.2, -0.15) is 0 Å². The molecule has 0 aliphatic rings. The van der Waals surface area contributed by atoms with Gasteiger partial charge in [-0.25, -0.2) is 0 Å². The highest BCUT2D eigenvalue weighted by molar-refractivity contribution is 5.14. The van der Waals surface area contributed by atoms with Crippen molar-refractivity contribution in [1.82, 2.24) is 0 Å². The van der Waals surface area contributed by atoms with Crippen LogP contribution in [0.25, 0.3) is 0 Å². The van der Waals surface area contributed by atoms with Crippen LogP contribution in [0.5, 0.6) is 0 Å². The fourth-order valence-corrected chi connectivity index (χ4v) is 1.11. The van der Waals surface area contributed by atoms with Crippen molar-refractivity contribution in [3.8, 4) is 0 Å². The molecule has 2 radical (unpaired) electrons. The monoisotopic (exact) mass is 196 g/mol. The van der Waals surface area contributed by atoms with Gasteiger partial charge in [0.2, 0.25) is 0 Å². The summed E-state index contributed by atoms with van der Waals surface area (Å²) in [6.45, 7) is 5.82. The smallest absolute Gasteiger partial charge is 0.0184 e. The standard InChI is InChI=1S/C8H9.C7H7/c1-2-8-6-4-3-5-7-8;1-7-5-3-2-4-6-7/h3-7H,1-2H2;3-6H,1H3. The Morgan fingerprint density at radius 1 is 1.00 bits per heavy atom. The molecule has 2 aromatic carbocycles. The minimum atomic E-state index is 0.890. The lowest BCUT2D eigenvalue weighted by molar-refractivity contribution is 1.27. The highest BCUT2D eigenvalue weighted by Crippen LogP contribution is 1.96. The first kappa shape index (κ1) is 11.5. The summed E-state index contributed by atoms with van der Waals surface area (Å²) < 4.78 is 0. The van der Waals surface area contributed by atoms with Gasteiger partial charge in [-0.05, 0) is 31.9 Å². The second-order valence-corrected chi connectivity index (χ2v) is 3.31. The Morgan fingerprint density at radius 3 is 1.93 bits per heavy atom. The van der Waals surface area contributed by atoms with Gasteiger partial charge in [0.25, 0.3) is 0 Å². The third-order valence-electron chi connectivity index (χ3n) is 2.02. The molecule has 0 aliphatic carbocycles. The fraction of sp³-hybridized carbons (Fsp3) is 0.133. The van der Waals surface area contributed by atoms with Gasteiger partial charge in [-0.3, -0.25) is 0 Å². The molecule has 0 heteroatoms. The minimum Gasteiger partial charge on any atom is -0.0622 e. The molecule has 0 aromatic heterocycles. The Labute approximate surface area is 92.6 Å². The number of benzene rings is 2. The predicted octanol–water partition coefficient (Wildman–Crippen LogP) is 3.86. The summed E-state index contributed by atoms with van der Waals surface area (Å²) in [6.07, 6.45) is 0.890. The maximum absolute atomic E-state index is 3.76. The van der Waals surface area contributed by atoms with E-state index in [0.29, 0.717) is 0 Å². The van der Waals surface area contributed by atoms with Crippen LogP contribution in [0, 0.1) is 19.9 Å². The van der Waals surface area contributed by atoms with E-state index in [0.717, 1.165) is 6.42 Å². The van der Waals surface area contributed by atoms with Gasteiger partial charge >= 0.3 is 0 Å². The average Bonchev–Trinajstić information content (AvgIpc) is 2.32. The van der Waals surface area contributed by atoms with E-state index in [1.165, 1.54) is 11.1 Å². The van der Waals surface area contributed by atoms with E-state index in [1.807, 2.05) is 42.5 Å². The fourth-order valence-electron chi connectivity index (χ4n) is 1.11. The first-order chi connectivity index (χ1) is 7.33. The number of aryl methyl sites for hydroxylation is 1. The second kappa shape index (κ2) is 6.83. The second-order valence-electron chi connectivity index (χ2n) is 3.31. The summed E-state index contributed by atoms with van der Waals surface area (Å²) >= 11 is 0. The van der Waals surface area contributed by atoms with E-state index < -0.39 is 0 Å². The molecule has 0 heterocycles. The summed E-state index contributed by atoms with van der Waals surface area (Å²) in [7, 11) is 0. The van der Waals surface area contributed by atoms with Gasteiger partial charge in [0.05, 0.1) is 0 Å². The van der Waals surface area contributed by atoms with Crippen LogP contribution in [0.2, 0.25) is 0 Å². The SMILES string of the molecule is Cc1cc[c]cc1.[CH2]Cc1ccccc1. The average molecular weight is 196 g/mol. The molecule has 0 unspecified atom stereocenters. The zero-order chi connectivity index (χ0) is 10.9. The van der Waals surface area contributed by atoms with Crippen molar-refractivity contribution in [3.63, 3.8) is 0 Å². The Hall–Kier alpha value is -1.56. The van der Waals surface area contributed by atoms with Crippen LogP contribution in [0.1, 0.15) is 11.1 Å². The van der Waals surface area contributed by atoms with E-state index in [1.54, 1.807) is 0 Å². The molecule has 2 aromatic rings. The molecular formula is C15H16. The van der Waals surface area contributed by atoms with E-state index in [2.05, 4.69) is 32.0 Å². The topological polar surface area (TPSA) is 0 Å². The zero-order valence-corrected chi connectivity index (χ0v) is 9.11. The summed E-state index contributed by atoms with van der Waals surface area (Å²) in [5, 5.41) is 0. The van der Waals surface area contributed by atoms with Crippen molar-refractivity contribution in [1.29, 1.82) is 0 Å². The molecule has 0 saturated carbocycles. The Morgan fingerprint density at radius 2 is 1.60 bits per heavy atom. The van der Waals surface area contributed by atoms with Crippen molar-refractivity contribution >= 4 is 0 Å². The quantitative estimate of drug-likeness (QED) is 0.649. The normalized spacial score (nSPS) is 8.93. The highest BCUT2D eigenvalue weighted by atomic mass is 13.9. The molecule has 0 spiro atoms. The molecule has 15 heavy (non-hydrogen) atoms. The molecule has 0 nitrogen and oxygen atoms in total. The molecule has 0 N–H and O–H groups in total. The predicted molar refractivity (Wildman–Crippen MR) is 65.5 cm³/mol. The van der Waals surface area contributed by atoms with Gasteiger partial charge in [0.15, 0.2) is 0 Å². The van der Waals surface area contributed by atoms with Crippen molar-refractivity contribution in [3.05, 3.63) is 78.7 Å². The summed E-state index contributed by atoms with van der Waals surface area (Å²) in [5.41, 5.74) is 2.59. The van der Waals surface area contributed by atoms with Crippen molar-refractivity contribution in [2.75, 3.05) is 0 Å². The molecule has 0 bridgehead atoms. The Balaban J connectivity index is 0.000000151. The van der Waals surface area contributed by atoms with Crippen LogP contribution < -0.4 is 0 Å². The van der Waals surface area contributed by atoms with Crippen molar-refractivity contribution < 1.29 is 0 Å². The van der Waals surface area contributed by atoms with Crippen LogP contribution >= 0.6 is 0 Å². The molecule has 0 saturated heterocycles. The third kappa shape index (κ3) is 5.02. The first-order valence-corrected chi connectivity index (χ1v) is 5.09.